The number of piperidine rings is 1. The molecule has 4 N–H and O–H groups in total. The van der Waals surface area contributed by atoms with E-state index in [0.717, 1.165) is 51.5 Å². The van der Waals surface area contributed by atoms with Gasteiger partial charge >= 0.3 is 0 Å². The van der Waals surface area contributed by atoms with Crippen LogP contribution in [0.5, 0.6) is 0 Å². The van der Waals surface area contributed by atoms with Crippen LogP contribution >= 0.6 is 24.0 Å². The van der Waals surface area contributed by atoms with Crippen molar-refractivity contribution in [3.63, 3.8) is 0 Å². The van der Waals surface area contributed by atoms with Crippen molar-refractivity contribution in [1.82, 2.24) is 15.5 Å². The maximum Gasteiger partial charge on any atom is 0.231 e. The zero-order valence-electron chi connectivity index (χ0n) is 17.3. The van der Waals surface area contributed by atoms with Gasteiger partial charge in [0.05, 0.1) is 12.6 Å². The predicted molar refractivity (Wildman–Crippen MR) is 120 cm³/mol. The van der Waals surface area contributed by atoms with E-state index in [9.17, 15) is 4.79 Å². The summed E-state index contributed by atoms with van der Waals surface area (Å²) in [5.41, 5.74) is 5.43. The molecule has 2 unspecified atom stereocenters. The van der Waals surface area contributed by atoms with Gasteiger partial charge in [-0.25, -0.2) is 0 Å². The molecule has 0 radical (unpaired) electrons. The van der Waals surface area contributed by atoms with Crippen LogP contribution in [0, 0.1) is 11.3 Å². The van der Waals surface area contributed by atoms with E-state index in [2.05, 4.69) is 41.3 Å². The van der Waals surface area contributed by atoms with Gasteiger partial charge in [0, 0.05) is 45.2 Å². The highest BCUT2D eigenvalue weighted by molar-refractivity contribution is 14.0. The van der Waals surface area contributed by atoms with Crippen molar-refractivity contribution < 1.29 is 9.53 Å². The summed E-state index contributed by atoms with van der Waals surface area (Å²) in [5.74, 6) is 1.10. The summed E-state index contributed by atoms with van der Waals surface area (Å²) < 4.78 is 6.07. The summed E-state index contributed by atoms with van der Waals surface area (Å²) >= 11 is 0. The Bertz CT molecular complexity index is 487. The number of nitrogens with two attached hydrogens (primary N) is 1. The Morgan fingerprint density at radius 1 is 1.26 bits per heavy atom. The lowest BCUT2D eigenvalue weighted by molar-refractivity contribution is -0.119. The zero-order chi connectivity index (χ0) is 19.2. The van der Waals surface area contributed by atoms with Crippen molar-refractivity contribution in [3.05, 3.63) is 0 Å². The molecule has 2 aliphatic heterocycles. The Morgan fingerprint density at radius 2 is 1.93 bits per heavy atom. The van der Waals surface area contributed by atoms with Gasteiger partial charge in [0.15, 0.2) is 5.96 Å². The van der Waals surface area contributed by atoms with Crippen molar-refractivity contribution in [1.29, 1.82) is 0 Å². The van der Waals surface area contributed by atoms with Crippen molar-refractivity contribution in [2.75, 3.05) is 39.8 Å². The molecule has 8 heteroatoms. The molecule has 0 spiro atoms. The average molecular weight is 495 g/mol. The molecule has 2 rings (SSSR count). The van der Waals surface area contributed by atoms with Crippen LogP contribution in [0.15, 0.2) is 4.99 Å². The van der Waals surface area contributed by atoms with E-state index in [1.165, 1.54) is 6.42 Å². The lowest BCUT2D eigenvalue weighted by atomic mass is 9.78. The molecule has 0 aromatic rings. The lowest BCUT2D eigenvalue weighted by Crippen LogP contribution is -2.52. The number of hydrogen-bond donors (Lipinski definition) is 3. The van der Waals surface area contributed by atoms with Crippen LogP contribution in [0.4, 0.5) is 0 Å². The fourth-order valence-electron chi connectivity index (χ4n) is 4.08. The number of primary amides is 1. The second-order valence-electron chi connectivity index (χ2n) is 8.67. The number of carbonyl (C=O) groups is 1. The summed E-state index contributed by atoms with van der Waals surface area (Å²) in [5, 5.41) is 7.03. The minimum atomic E-state index is -0.253. The van der Waals surface area contributed by atoms with Crippen LogP contribution in [-0.2, 0) is 9.53 Å². The van der Waals surface area contributed by atoms with Crippen LogP contribution in [0.25, 0.3) is 0 Å². The molecule has 0 aromatic heterocycles. The van der Waals surface area contributed by atoms with Crippen molar-refractivity contribution in [2.24, 2.45) is 22.1 Å². The lowest BCUT2D eigenvalue weighted by Gasteiger charge is -2.40. The zero-order valence-corrected chi connectivity index (χ0v) is 19.6. The molecule has 2 saturated heterocycles. The number of rotatable bonds is 5. The topological polar surface area (TPSA) is 92.0 Å². The first-order valence-electron chi connectivity index (χ1n) is 9.89. The third-order valence-corrected chi connectivity index (χ3v) is 5.36. The molecule has 0 saturated carbocycles. The molecule has 7 nitrogen and oxygen atoms in total. The number of guanidine groups is 1. The summed E-state index contributed by atoms with van der Waals surface area (Å²) in [6.45, 7) is 10.6. The minimum absolute atomic E-state index is 0. The van der Waals surface area contributed by atoms with Gasteiger partial charge in [0.25, 0.3) is 0 Å². The second kappa shape index (κ2) is 11.4. The number of carbonyl (C=O) groups excluding carboxylic acids is 1. The molecule has 158 valence electrons. The van der Waals surface area contributed by atoms with Crippen LogP contribution in [0.3, 0.4) is 0 Å². The number of hydrogen-bond acceptors (Lipinski definition) is 4. The molecular weight excluding hydrogens is 457 g/mol. The average Bonchev–Trinajstić information content (AvgIpc) is 2.59. The first kappa shape index (κ1) is 24.4. The third-order valence-electron chi connectivity index (χ3n) is 5.36. The van der Waals surface area contributed by atoms with E-state index < -0.39 is 0 Å². The quantitative estimate of drug-likeness (QED) is 0.306. The molecule has 1 amide bonds. The van der Waals surface area contributed by atoms with E-state index in [1.807, 2.05) is 7.05 Å². The molecule has 0 bridgehead atoms. The van der Waals surface area contributed by atoms with Gasteiger partial charge in [-0.15, -0.1) is 24.0 Å². The van der Waals surface area contributed by atoms with Crippen molar-refractivity contribution in [2.45, 2.75) is 58.6 Å². The SMILES string of the molecule is CN=C(NCC1CCCOC1C(C)(C)C)NC1CCN(CC(N)=O)CC1.I. The van der Waals surface area contributed by atoms with Gasteiger partial charge in [-0.05, 0) is 31.1 Å². The number of amides is 1. The van der Waals surface area contributed by atoms with Crippen LogP contribution < -0.4 is 16.4 Å². The fourth-order valence-corrected chi connectivity index (χ4v) is 4.08. The Morgan fingerprint density at radius 3 is 2.48 bits per heavy atom. The number of halogens is 1. The van der Waals surface area contributed by atoms with Gasteiger partial charge in [0.1, 0.15) is 0 Å². The van der Waals surface area contributed by atoms with Gasteiger partial charge < -0.3 is 21.1 Å². The van der Waals surface area contributed by atoms with E-state index >= 15 is 0 Å². The van der Waals surface area contributed by atoms with E-state index in [0.29, 0.717) is 18.5 Å². The summed E-state index contributed by atoms with van der Waals surface area (Å²) in [4.78, 5) is 17.5. The minimum Gasteiger partial charge on any atom is -0.377 e. The monoisotopic (exact) mass is 495 g/mol. The highest BCUT2D eigenvalue weighted by atomic mass is 127. The number of likely N-dealkylation sites (tertiary alicyclic amines) is 1. The smallest absolute Gasteiger partial charge is 0.231 e. The molecule has 0 aliphatic carbocycles. The number of nitrogens with zero attached hydrogens (tertiary/aromatic N) is 2. The highest BCUT2D eigenvalue weighted by Gasteiger charge is 2.35. The Balaban J connectivity index is 0.00000364. The van der Waals surface area contributed by atoms with Gasteiger partial charge in [-0.3, -0.25) is 14.7 Å². The van der Waals surface area contributed by atoms with E-state index in [4.69, 9.17) is 10.5 Å². The largest absolute Gasteiger partial charge is 0.377 e. The fraction of sp³-hybridized carbons (Fsp3) is 0.895. The molecule has 2 aliphatic rings. The Hall–Kier alpha value is -0.610. The Labute approximate surface area is 181 Å². The maximum absolute atomic E-state index is 11.0. The van der Waals surface area contributed by atoms with Crippen LogP contribution in [0.2, 0.25) is 0 Å². The van der Waals surface area contributed by atoms with Crippen LogP contribution in [0.1, 0.15) is 46.5 Å². The first-order valence-corrected chi connectivity index (χ1v) is 9.89. The maximum atomic E-state index is 11.0. The number of ether oxygens (including phenoxy) is 1. The van der Waals surface area contributed by atoms with Crippen molar-refractivity contribution >= 4 is 35.8 Å². The molecule has 2 atom stereocenters. The standard InChI is InChI=1S/C19H37N5O2.HI/c1-19(2,3)17-14(6-5-11-26-17)12-22-18(21-4)23-15-7-9-24(10-8-15)13-16(20)25;/h14-15,17H,5-13H2,1-4H3,(H2,20,25)(H2,21,22,23);1H. The molecule has 2 fully saturated rings. The molecular formula is C19H38IN5O2. The predicted octanol–water partition coefficient (Wildman–Crippen LogP) is 1.56. The van der Waals surface area contributed by atoms with Crippen LogP contribution in [-0.4, -0.2) is 68.7 Å². The Kier molecular flexibility index (Phi) is 10.3. The molecule has 2 heterocycles. The highest BCUT2D eigenvalue weighted by Crippen LogP contribution is 2.33. The normalized spacial score (nSPS) is 25.6. The van der Waals surface area contributed by atoms with Gasteiger partial charge in [-0.2, -0.15) is 0 Å². The summed E-state index contributed by atoms with van der Waals surface area (Å²) in [7, 11) is 1.82. The van der Waals surface area contributed by atoms with E-state index in [-0.39, 0.29) is 41.4 Å². The third kappa shape index (κ3) is 8.11. The summed E-state index contributed by atoms with van der Waals surface area (Å²) in [6, 6.07) is 0.381. The van der Waals surface area contributed by atoms with E-state index in [1.54, 1.807) is 0 Å². The second-order valence-corrected chi connectivity index (χ2v) is 8.67. The summed E-state index contributed by atoms with van der Waals surface area (Å²) in [6.07, 6.45) is 4.58. The molecule has 0 aromatic carbocycles. The van der Waals surface area contributed by atoms with Crippen molar-refractivity contribution in [3.8, 4) is 0 Å². The van der Waals surface area contributed by atoms with Gasteiger partial charge in [0.2, 0.25) is 5.91 Å². The number of aliphatic imine (C=N–C) groups is 1. The first-order chi connectivity index (χ1) is 12.3. The number of nitrogens with one attached hydrogen (secondary N) is 2. The molecule has 27 heavy (non-hydrogen) atoms. The van der Waals surface area contributed by atoms with Gasteiger partial charge in [-0.1, -0.05) is 20.8 Å².